The number of ether oxygens (including phenoxy) is 1. The number of fused-ring (bicyclic) bond motifs is 1. The van der Waals surface area contributed by atoms with Crippen molar-refractivity contribution in [3.8, 4) is 16.9 Å². The first-order valence-electron chi connectivity index (χ1n) is 12.1. The number of nitrogens with two attached hydrogens (primary N) is 1. The molecule has 39 heavy (non-hydrogen) atoms. The van der Waals surface area contributed by atoms with Crippen LogP contribution in [0.3, 0.4) is 0 Å². The molecule has 3 aromatic rings. The number of nitrogens with zero attached hydrogens (tertiary/aromatic N) is 2. The maximum Gasteiger partial charge on any atom is 0.282 e. The number of carbonyl (C=O) groups excluding carboxylic acids is 2. The minimum atomic E-state index is -3.05. The molecule has 5 rings (SSSR count). The summed E-state index contributed by atoms with van der Waals surface area (Å²) in [5.41, 5.74) is 6.65. The van der Waals surface area contributed by atoms with Crippen molar-refractivity contribution >= 4 is 35.2 Å². The van der Waals surface area contributed by atoms with Gasteiger partial charge in [-0.15, -0.1) is 0 Å². The summed E-state index contributed by atoms with van der Waals surface area (Å²) in [5.74, 6) is -5.76. The zero-order valence-electron chi connectivity index (χ0n) is 20.4. The van der Waals surface area contributed by atoms with Crippen LogP contribution < -0.4 is 10.5 Å². The summed E-state index contributed by atoms with van der Waals surface area (Å²) in [6.07, 6.45) is 5.46. The minimum absolute atomic E-state index is 0.0966. The Kier molecular flexibility index (Phi) is 7.07. The van der Waals surface area contributed by atoms with Gasteiger partial charge in [-0.1, -0.05) is 11.6 Å². The van der Waals surface area contributed by atoms with E-state index in [1.807, 2.05) is 0 Å². The largest absolute Gasteiger partial charge is 0.488 e. The Morgan fingerprint density at radius 3 is 2.46 bits per heavy atom. The van der Waals surface area contributed by atoms with Gasteiger partial charge < -0.3 is 15.4 Å². The van der Waals surface area contributed by atoms with Gasteiger partial charge in [0.1, 0.15) is 34.9 Å². The summed E-state index contributed by atoms with van der Waals surface area (Å²) in [4.78, 5) is 29.3. The van der Waals surface area contributed by atoms with Crippen molar-refractivity contribution in [3.05, 3.63) is 82.0 Å². The molecule has 0 spiro atoms. The number of hydrogen-bond donors (Lipinski definition) is 1. The van der Waals surface area contributed by atoms with E-state index in [-0.39, 0.29) is 28.9 Å². The molecule has 2 aromatic carbocycles. The van der Waals surface area contributed by atoms with Gasteiger partial charge in [-0.2, -0.15) is 0 Å². The number of carbonyl (C=O) groups is 2. The highest BCUT2D eigenvalue weighted by Gasteiger charge is 2.47. The fourth-order valence-corrected chi connectivity index (χ4v) is 4.85. The monoisotopic (exact) mass is 559 g/mol. The Hall–Kier alpha value is -3.92. The van der Waals surface area contributed by atoms with Crippen LogP contribution in [0.1, 0.15) is 34.3 Å². The molecule has 0 saturated carbocycles. The van der Waals surface area contributed by atoms with E-state index in [0.29, 0.717) is 40.4 Å². The van der Waals surface area contributed by atoms with Crippen molar-refractivity contribution in [2.45, 2.75) is 31.3 Å². The van der Waals surface area contributed by atoms with E-state index in [1.165, 1.54) is 12.1 Å². The summed E-state index contributed by atoms with van der Waals surface area (Å²) in [5, 5.41) is 0.232. The van der Waals surface area contributed by atoms with Crippen LogP contribution in [0.2, 0.25) is 5.02 Å². The van der Waals surface area contributed by atoms with E-state index in [9.17, 15) is 27.2 Å². The second-order valence-electron chi connectivity index (χ2n) is 9.58. The minimum Gasteiger partial charge on any atom is -0.488 e. The fraction of sp³-hybridized carbons (Fsp3) is 0.250. The van der Waals surface area contributed by atoms with Crippen LogP contribution in [0.4, 0.5) is 23.4 Å². The number of halogens is 5. The number of hydrogen-bond acceptors (Lipinski definition) is 5. The lowest BCUT2D eigenvalue weighted by atomic mass is 9.97. The molecule has 2 aliphatic heterocycles. The van der Waals surface area contributed by atoms with Gasteiger partial charge in [0.05, 0.1) is 18.1 Å². The Bertz CT molecular complexity index is 1460. The lowest BCUT2D eigenvalue weighted by Crippen LogP contribution is -2.58. The third kappa shape index (κ3) is 5.75. The number of alkyl halides is 2. The SMILES string of the molecule is Nc1ccc(/C=C/C(=O)CCC2Cc3cc(-c4cc(F)c(C(=O)N5CC(F)(F)C5)c(F)c4)cc(Cl)c3O2)cn1. The highest BCUT2D eigenvalue weighted by Crippen LogP contribution is 2.41. The van der Waals surface area contributed by atoms with Crippen molar-refractivity contribution in [1.29, 1.82) is 0 Å². The number of rotatable bonds is 7. The second-order valence-corrected chi connectivity index (χ2v) is 9.98. The van der Waals surface area contributed by atoms with E-state index < -0.39 is 42.1 Å². The molecule has 11 heteroatoms. The fourth-order valence-electron chi connectivity index (χ4n) is 4.56. The zero-order valence-corrected chi connectivity index (χ0v) is 21.2. The third-order valence-electron chi connectivity index (χ3n) is 6.56. The number of anilines is 1. The Labute approximate surface area is 226 Å². The lowest BCUT2D eigenvalue weighted by Gasteiger charge is -2.38. The Morgan fingerprint density at radius 1 is 1.13 bits per heavy atom. The molecule has 1 amide bonds. The van der Waals surface area contributed by atoms with Gasteiger partial charge in [0.15, 0.2) is 5.78 Å². The summed E-state index contributed by atoms with van der Waals surface area (Å²) in [6.45, 7) is -1.76. The molecule has 2 aliphatic rings. The number of allylic oxidation sites excluding steroid dienone is 1. The number of ketones is 1. The number of pyridine rings is 1. The van der Waals surface area contributed by atoms with Gasteiger partial charge in [0, 0.05) is 19.0 Å². The Balaban J connectivity index is 1.25. The highest BCUT2D eigenvalue weighted by molar-refractivity contribution is 6.32. The first-order chi connectivity index (χ1) is 18.5. The average Bonchev–Trinajstić information content (AvgIpc) is 3.29. The molecule has 6 nitrogen and oxygen atoms in total. The van der Waals surface area contributed by atoms with Crippen LogP contribution in [-0.4, -0.2) is 46.7 Å². The molecule has 1 aromatic heterocycles. The van der Waals surface area contributed by atoms with Crippen LogP contribution in [0, 0.1) is 11.6 Å². The van der Waals surface area contributed by atoms with Crippen molar-refractivity contribution in [2.24, 2.45) is 0 Å². The zero-order chi connectivity index (χ0) is 27.9. The first kappa shape index (κ1) is 26.7. The highest BCUT2D eigenvalue weighted by atomic mass is 35.5. The van der Waals surface area contributed by atoms with Gasteiger partial charge in [-0.3, -0.25) is 9.59 Å². The van der Waals surface area contributed by atoms with E-state index in [4.69, 9.17) is 22.1 Å². The van der Waals surface area contributed by atoms with Gasteiger partial charge in [-0.05, 0) is 77.2 Å². The van der Waals surface area contributed by atoms with Crippen LogP contribution in [0.25, 0.3) is 17.2 Å². The van der Waals surface area contributed by atoms with E-state index in [0.717, 1.165) is 17.7 Å². The Morgan fingerprint density at radius 2 is 1.82 bits per heavy atom. The number of likely N-dealkylation sites (tertiary alicyclic amines) is 1. The molecular weight excluding hydrogens is 538 g/mol. The molecule has 1 unspecified atom stereocenters. The second kappa shape index (κ2) is 10.3. The molecule has 0 aliphatic carbocycles. The summed E-state index contributed by atoms with van der Waals surface area (Å²) >= 11 is 6.40. The molecule has 2 N–H and O–H groups in total. The lowest BCUT2D eigenvalue weighted by molar-refractivity contribution is -0.115. The van der Waals surface area contributed by atoms with Crippen LogP contribution in [0.5, 0.6) is 5.75 Å². The normalized spacial score (nSPS) is 17.6. The standard InChI is InChI=1S/C28H22ClF4N3O3/c29-21-9-16(17-10-22(30)25(23(31)11-17)27(38)36-13-28(32,33)14-36)7-18-8-20(39-26(18)21)5-4-19(37)3-1-15-2-6-24(34)35-12-15/h1-3,6-7,9-12,20H,4-5,8,13-14H2,(H2,34,35)/b3-1+. The number of amides is 1. The summed E-state index contributed by atoms with van der Waals surface area (Å²) in [7, 11) is 0. The van der Waals surface area contributed by atoms with Crippen LogP contribution >= 0.6 is 11.6 Å². The van der Waals surface area contributed by atoms with Gasteiger partial charge in [-0.25, -0.2) is 22.5 Å². The summed E-state index contributed by atoms with van der Waals surface area (Å²) < 4.78 is 61.7. The quantitative estimate of drug-likeness (QED) is 0.296. The summed E-state index contributed by atoms with van der Waals surface area (Å²) in [6, 6.07) is 8.51. The molecule has 0 radical (unpaired) electrons. The van der Waals surface area contributed by atoms with Gasteiger partial charge in [0.2, 0.25) is 0 Å². The van der Waals surface area contributed by atoms with Gasteiger partial charge in [0.25, 0.3) is 11.8 Å². The number of aromatic nitrogens is 1. The van der Waals surface area contributed by atoms with E-state index in [1.54, 1.807) is 30.5 Å². The average molecular weight is 560 g/mol. The van der Waals surface area contributed by atoms with Gasteiger partial charge >= 0.3 is 0 Å². The smallest absolute Gasteiger partial charge is 0.282 e. The molecule has 1 fully saturated rings. The first-order valence-corrected chi connectivity index (χ1v) is 12.4. The van der Waals surface area contributed by atoms with Crippen molar-refractivity contribution in [2.75, 3.05) is 18.8 Å². The molecule has 1 saturated heterocycles. The third-order valence-corrected chi connectivity index (χ3v) is 6.84. The topological polar surface area (TPSA) is 85.5 Å². The molecule has 0 bridgehead atoms. The van der Waals surface area contributed by atoms with Crippen molar-refractivity contribution in [1.82, 2.24) is 9.88 Å². The molecule has 202 valence electrons. The molecule has 3 heterocycles. The molecular formula is C28H22ClF4N3O3. The van der Waals surface area contributed by atoms with E-state index in [2.05, 4.69) is 4.98 Å². The number of nitrogen functional groups attached to an aromatic ring is 1. The molecule has 1 atom stereocenters. The van der Waals surface area contributed by atoms with Crippen LogP contribution in [0.15, 0.2) is 48.7 Å². The van der Waals surface area contributed by atoms with Crippen molar-refractivity contribution < 1.29 is 31.9 Å². The predicted molar refractivity (Wildman–Crippen MR) is 138 cm³/mol. The van der Waals surface area contributed by atoms with Crippen molar-refractivity contribution in [3.63, 3.8) is 0 Å². The maximum atomic E-state index is 14.8. The van der Waals surface area contributed by atoms with Crippen LogP contribution in [-0.2, 0) is 11.2 Å². The maximum absolute atomic E-state index is 14.8. The van der Waals surface area contributed by atoms with E-state index >= 15 is 0 Å². The predicted octanol–water partition coefficient (Wildman–Crippen LogP) is 5.72. The number of benzene rings is 2.